The molecule has 1 aliphatic rings. The SMILES string of the molecule is CC(C)C.CCCN(Cc1cc(-c2ccccc2C)c2c(c1)N(c1c(C)cccc1O)C(=O)NC2)CC(C)C. The van der Waals surface area contributed by atoms with Gasteiger partial charge in [0.05, 0.1) is 11.4 Å². The number of benzene rings is 3. The first-order valence-corrected chi connectivity index (χ1v) is 14.3. The van der Waals surface area contributed by atoms with Gasteiger partial charge in [-0.3, -0.25) is 9.80 Å². The highest BCUT2D eigenvalue weighted by atomic mass is 16.3. The Morgan fingerprint density at radius 2 is 1.62 bits per heavy atom. The van der Waals surface area contributed by atoms with E-state index in [0.717, 1.165) is 54.4 Å². The van der Waals surface area contributed by atoms with E-state index < -0.39 is 0 Å². The van der Waals surface area contributed by atoms with E-state index in [4.69, 9.17) is 0 Å². The number of aryl methyl sites for hydroxylation is 2. The van der Waals surface area contributed by atoms with Crippen LogP contribution in [0.1, 0.15) is 70.2 Å². The fourth-order valence-corrected chi connectivity index (χ4v) is 5.14. The zero-order chi connectivity index (χ0) is 28.7. The van der Waals surface area contributed by atoms with E-state index in [1.807, 2.05) is 13.0 Å². The van der Waals surface area contributed by atoms with Gasteiger partial charge in [0.2, 0.25) is 0 Å². The molecular formula is C34H47N3O2. The number of phenols is 1. The number of aromatic hydroxyl groups is 1. The zero-order valence-electron chi connectivity index (χ0n) is 25.1. The van der Waals surface area contributed by atoms with Gasteiger partial charge in [-0.2, -0.15) is 0 Å². The highest BCUT2D eigenvalue weighted by molar-refractivity contribution is 6.05. The number of fused-ring (bicyclic) bond motifs is 1. The quantitative estimate of drug-likeness (QED) is 0.307. The van der Waals surface area contributed by atoms with Crippen LogP contribution >= 0.6 is 0 Å². The first-order chi connectivity index (χ1) is 18.5. The number of amides is 2. The number of carbonyl (C=O) groups excluding carboxylic acids is 1. The van der Waals surface area contributed by atoms with Crippen LogP contribution in [0.4, 0.5) is 16.2 Å². The molecule has 0 unspecified atom stereocenters. The molecule has 3 aromatic carbocycles. The number of hydrogen-bond donors (Lipinski definition) is 2. The van der Waals surface area contributed by atoms with Crippen LogP contribution in [0.2, 0.25) is 0 Å². The van der Waals surface area contributed by atoms with E-state index in [9.17, 15) is 9.90 Å². The fourth-order valence-electron chi connectivity index (χ4n) is 5.14. The van der Waals surface area contributed by atoms with Gasteiger partial charge in [-0.25, -0.2) is 4.79 Å². The Bertz CT molecular complexity index is 1240. The van der Waals surface area contributed by atoms with Crippen molar-refractivity contribution in [1.82, 2.24) is 10.2 Å². The minimum Gasteiger partial charge on any atom is -0.506 e. The smallest absolute Gasteiger partial charge is 0.326 e. The summed E-state index contributed by atoms with van der Waals surface area (Å²) in [6, 6.07) is 18.0. The van der Waals surface area contributed by atoms with Crippen molar-refractivity contribution in [2.24, 2.45) is 11.8 Å². The average molecular weight is 530 g/mol. The summed E-state index contributed by atoms with van der Waals surface area (Å²) in [5.41, 5.74) is 7.96. The summed E-state index contributed by atoms with van der Waals surface area (Å²) in [5, 5.41) is 13.8. The predicted octanol–water partition coefficient (Wildman–Crippen LogP) is 8.57. The Labute approximate surface area is 235 Å². The van der Waals surface area contributed by atoms with Gasteiger partial charge in [0.1, 0.15) is 5.75 Å². The number of rotatable bonds is 8. The van der Waals surface area contributed by atoms with E-state index >= 15 is 0 Å². The van der Waals surface area contributed by atoms with Crippen LogP contribution in [0.3, 0.4) is 0 Å². The van der Waals surface area contributed by atoms with Gasteiger partial charge in [0.25, 0.3) is 0 Å². The van der Waals surface area contributed by atoms with Crippen molar-refractivity contribution < 1.29 is 9.90 Å². The van der Waals surface area contributed by atoms with E-state index in [1.54, 1.807) is 17.0 Å². The molecule has 0 saturated carbocycles. The van der Waals surface area contributed by atoms with Gasteiger partial charge in [-0.05, 0) is 84.7 Å². The van der Waals surface area contributed by atoms with Crippen molar-refractivity contribution in [2.45, 2.75) is 74.9 Å². The van der Waals surface area contributed by atoms with Crippen LogP contribution in [0.25, 0.3) is 11.1 Å². The summed E-state index contributed by atoms with van der Waals surface area (Å²) in [6.45, 7) is 20.6. The Morgan fingerprint density at radius 3 is 2.23 bits per heavy atom. The van der Waals surface area contributed by atoms with Crippen LogP contribution in [-0.2, 0) is 13.1 Å². The van der Waals surface area contributed by atoms with Crippen molar-refractivity contribution in [3.8, 4) is 16.9 Å². The molecule has 2 amide bonds. The molecule has 0 spiro atoms. The van der Waals surface area contributed by atoms with Crippen LogP contribution in [0, 0.1) is 25.7 Å². The Hall–Kier alpha value is -3.31. The molecule has 2 N–H and O–H groups in total. The van der Waals surface area contributed by atoms with Crippen molar-refractivity contribution in [2.75, 3.05) is 18.0 Å². The number of carbonyl (C=O) groups is 1. The van der Waals surface area contributed by atoms with Crippen molar-refractivity contribution in [1.29, 1.82) is 0 Å². The first kappa shape index (κ1) is 30.2. The van der Waals surface area contributed by atoms with E-state index in [0.29, 0.717) is 18.2 Å². The van der Waals surface area contributed by atoms with E-state index in [1.165, 1.54) is 16.7 Å². The number of nitrogens with zero attached hydrogens (tertiary/aromatic N) is 2. The lowest BCUT2D eigenvalue weighted by atomic mass is 9.91. The second kappa shape index (κ2) is 13.7. The molecule has 0 aromatic heterocycles. The molecule has 0 bridgehead atoms. The van der Waals surface area contributed by atoms with Crippen LogP contribution < -0.4 is 10.2 Å². The van der Waals surface area contributed by atoms with E-state index in [2.05, 4.69) is 95.1 Å². The van der Waals surface area contributed by atoms with Crippen molar-refractivity contribution >= 4 is 17.4 Å². The number of urea groups is 1. The topological polar surface area (TPSA) is 55.8 Å². The summed E-state index contributed by atoms with van der Waals surface area (Å²) in [7, 11) is 0. The Balaban J connectivity index is 0.000000983. The lowest BCUT2D eigenvalue weighted by Gasteiger charge is -2.34. The molecule has 4 rings (SSSR count). The maximum atomic E-state index is 13.3. The Morgan fingerprint density at radius 1 is 0.949 bits per heavy atom. The molecule has 3 aromatic rings. The molecular weight excluding hydrogens is 482 g/mol. The lowest BCUT2D eigenvalue weighted by Crippen LogP contribution is -2.42. The minimum atomic E-state index is -0.220. The predicted molar refractivity (Wildman–Crippen MR) is 165 cm³/mol. The number of nitrogens with one attached hydrogen (secondary N) is 1. The molecule has 1 aliphatic heterocycles. The van der Waals surface area contributed by atoms with Crippen LogP contribution in [0.15, 0.2) is 54.6 Å². The van der Waals surface area contributed by atoms with Crippen molar-refractivity contribution in [3.63, 3.8) is 0 Å². The van der Waals surface area contributed by atoms with Crippen LogP contribution in [0.5, 0.6) is 5.75 Å². The summed E-state index contributed by atoms with van der Waals surface area (Å²) >= 11 is 0. The molecule has 39 heavy (non-hydrogen) atoms. The first-order valence-electron chi connectivity index (χ1n) is 14.3. The highest BCUT2D eigenvalue weighted by Gasteiger charge is 2.31. The standard InChI is InChI=1S/C30H37N3O2.C4H10/c1-6-14-32(18-20(2)3)19-23-15-25(24-12-8-7-10-21(24)4)26-17-31-30(35)33(27(26)16-23)29-22(5)11-9-13-28(29)34;1-4(2)3/h7-13,15-16,20,34H,6,14,17-19H2,1-5H3,(H,31,35);4H,1-3H3. The molecule has 0 aliphatic carbocycles. The maximum absolute atomic E-state index is 13.3. The molecule has 0 atom stereocenters. The summed E-state index contributed by atoms with van der Waals surface area (Å²) in [4.78, 5) is 17.4. The number of hydrogen-bond acceptors (Lipinski definition) is 3. The van der Waals surface area contributed by atoms with Gasteiger partial charge in [0, 0.05) is 25.2 Å². The fraction of sp³-hybridized carbons (Fsp3) is 0.441. The number of anilines is 2. The van der Waals surface area contributed by atoms with Gasteiger partial charge < -0.3 is 10.4 Å². The third kappa shape index (κ3) is 7.63. The summed E-state index contributed by atoms with van der Waals surface area (Å²) in [6.07, 6.45) is 1.09. The van der Waals surface area contributed by atoms with E-state index in [-0.39, 0.29) is 11.8 Å². The Kier molecular flexibility index (Phi) is 10.6. The zero-order valence-corrected chi connectivity index (χ0v) is 25.1. The summed E-state index contributed by atoms with van der Waals surface area (Å²) in [5.74, 6) is 1.50. The largest absolute Gasteiger partial charge is 0.506 e. The molecule has 0 fully saturated rings. The van der Waals surface area contributed by atoms with Gasteiger partial charge in [0.15, 0.2) is 0 Å². The molecule has 5 nitrogen and oxygen atoms in total. The van der Waals surface area contributed by atoms with Gasteiger partial charge >= 0.3 is 6.03 Å². The third-order valence-corrected chi connectivity index (χ3v) is 6.59. The molecule has 1 heterocycles. The lowest BCUT2D eigenvalue weighted by molar-refractivity contribution is 0.236. The molecule has 0 saturated heterocycles. The maximum Gasteiger partial charge on any atom is 0.326 e. The highest BCUT2D eigenvalue weighted by Crippen LogP contribution is 2.43. The minimum absolute atomic E-state index is 0.100. The molecule has 5 heteroatoms. The van der Waals surface area contributed by atoms with Crippen LogP contribution in [-0.4, -0.2) is 29.1 Å². The normalized spacial score (nSPS) is 12.9. The monoisotopic (exact) mass is 529 g/mol. The number of phenolic OH excluding ortho intramolecular Hbond substituents is 1. The molecule has 210 valence electrons. The van der Waals surface area contributed by atoms with Crippen molar-refractivity contribution in [3.05, 3.63) is 76.9 Å². The molecule has 0 radical (unpaired) electrons. The van der Waals surface area contributed by atoms with Gasteiger partial charge in [-0.1, -0.05) is 77.9 Å². The van der Waals surface area contributed by atoms with Gasteiger partial charge in [-0.15, -0.1) is 0 Å². The second-order valence-corrected chi connectivity index (χ2v) is 11.8. The third-order valence-electron chi connectivity index (χ3n) is 6.59. The second-order valence-electron chi connectivity index (χ2n) is 11.8. The average Bonchev–Trinajstić information content (AvgIpc) is 2.84. The summed E-state index contributed by atoms with van der Waals surface area (Å²) < 4.78 is 0. The number of para-hydroxylation sites is 1.